The highest BCUT2D eigenvalue weighted by Gasteiger charge is 2.13. The van der Waals surface area contributed by atoms with Crippen LogP contribution in [0.5, 0.6) is 0 Å². The molecule has 0 bridgehead atoms. The monoisotopic (exact) mass is 430 g/mol. The Hall–Kier alpha value is -3.85. The zero-order chi connectivity index (χ0) is 21.4. The van der Waals surface area contributed by atoms with Crippen molar-refractivity contribution in [2.24, 2.45) is 0 Å². The number of carbonyl (C=O) groups excluding carboxylic acids is 1. The average molecular weight is 430 g/mol. The van der Waals surface area contributed by atoms with Crippen molar-refractivity contribution in [1.82, 2.24) is 24.3 Å². The molecule has 5 rings (SSSR count). The number of fused-ring (bicyclic) bond motifs is 2. The van der Waals surface area contributed by atoms with Crippen molar-refractivity contribution in [2.75, 3.05) is 5.32 Å². The Morgan fingerprint density at radius 3 is 2.77 bits per heavy atom. The first-order valence-corrected chi connectivity index (χ1v) is 10.6. The van der Waals surface area contributed by atoms with Crippen molar-refractivity contribution in [3.05, 3.63) is 77.0 Å². The zero-order valence-corrected chi connectivity index (χ0v) is 17.5. The van der Waals surface area contributed by atoms with Crippen molar-refractivity contribution in [1.29, 1.82) is 0 Å². The van der Waals surface area contributed by atoms with E-state index in [1.165, 1.54) is 28.4 Å². The average Bonchev–Trinajstić information content (AvgIpc) is 3.39. The van der Waals surface area contributed by atoms with E-state index in [0.29, 0.717) is 16.2 Å². The normalized spacial score (nSPS) is 11.3. The fourth-order valence-electron chi connectivity index (χ4n) is 3.41. The number of para-hydroxylation sites is 2. The lowest BCUT2D eigenvalue weighted by molar-refractivity contribution is -0.116. The molecule has 3 heterocycles. The van der Waals surface area contributed by atoms with Gasteiger partial charge in [-0.15, -0.1) is 0 Å². The van der Waals surface area contributed by atoms with E-state index in [1.807, 2.05) is 55.5 Å². The van der Waals surface area contributed by atoms with Gasteiger partial charge in [0.1, 0.15) is 5.39 Å². The smallest absolute Gasteiger partial charge is 0.264 e. The van der Waals surface area contributed by atoms with Crippen LogP contribution in [0.25, 0.3) is 26.9 Å². The minimum atomic E-state index is -0.226. The van der Waals surface area contributed by atoms with E-state index in [-0.39, 0.29) is 24.4 Å². The van der Waals surface area contributed by atoms with Gasteiger partial charge < -0.3 is 5.32 Å². The third-order valence-electron chi connectivity index (χ3n) is 5.00. The largest absolute Gasteiger partial charge is 0.302 e. The number of anilines is 1. The second kappa shape index (κ2) is 7.77. The number of carbonyl (C=O) groups is 1. The molecule has 9 heteroatoms. The van der Waals surface area contributed by atoms with Gasteiger partial charge in [0, 0.05) is 13.0 Å². The van der Waals surface area contributed by atoms with Gasteiger partial charge in [-0.1, -0.05) is 41.7 Å². The van der Waals surface area contributed by atoms with Crippen LogP contribution in [0.1, 0.15) is 12.0 Å². The van der Waals surface area contributed by atoms with E-state index >= 15 is 0 Å². The number of benzene rings is 2. The van der Waals surface area contributed by atoms with Gasteiger partial charge in [-0.25, -0.2) is 14.6 Å². The Bertz CT molecular complexity index is 1470. The molecule has 0 aliphatic heterocycles. The molecule has 0 saturated heterocycles. The SMILES string of the molecule is Cc1cccc2sc(NC(=O)CCn3cnc4c(cnn4-c4ccccc4)c3=O)nc12. The zero-order valence-electron chi connectivity index (χ0n) is 16.6. The molecule has 1 N–H and O–H groups in total. The molecular weight excluding hydrogens is 412 g/mol. The maximum Gasteiger partial charge on any atom is 0.264 e. The summed E-state index contributed by atoms with van der Waals surface area (Å²) in [6, 6.07) is 15.4. The van der Waals surface area contributed by atoms with Crippen LogP contribution >= 0.6 is 11.3 Å². The second-order valence-electron chi connectivity index (χ2n) is 7.11. The molecule has 5 aromatic rings. The van der Waals surface area contributed by atoms with E-state index in [1.54, 1.807) is 4.68 Å². The molecule has 0 spiro atoms. The Balaban J connectivity index is 1.32. The van der Waals surface area contributed by atoms with E-state index in [9.17, 15) is 9.59 Å². The first-order chi connectivity index (χ1) is 15.1. The molecule has 3 aromatic heterocycles. The summed E-state index contributed by atoms with van der Waals surface area (Å²) in [7, 11) is 0. The number of aromatic nitrogens is 5. The molecule has 0 saturated carbocycles. The predicted octanol–water partition coefficient (Wildman–Crippen LogP) is 3.53. The van der Waals surface area contributed by atoms with Gasteiger partial charge in [-0.05, 0) is 30.7 Å². The number of nitrogens with one attached hydrogen (secondary N) is 1. The van der Waals surface area contributed by atoms with Crippen LogP contribution < -0.4 is 10.9 Å². The molecule has 31 heavy (non-hydrogen) atoms. The highest BCUT2D eigenvalue weighted by molar-refractivity contribution is 7.22. The third-order valence-corrected chi connectivity index (χ3v) is 5.94. The molecule has 0 unspecified atom stereocenters. The lowest BCUT2D eigenvalue weighted by atomic mass is 10.2. The van der Waals surface area contributed by atoms with E-state index in [4.69, 9.17) is 0 Å². The van der Waals surface area contributed by atoms with Crippen LogP contribution in [0.3, 0.4) is 0 Å². The van der Waals surface area contributed by atoms with Crippen molar-refractivity contribution in [3.63, 3.8) is 0 Å². The molecule has 0 radical (unpaired) electrons. The molecule has 1 amide bonds. The lowest BCUT2D eigenvalue weighted by Crippen LogP contribution is -2.23. The number of hydrogen-bond donors (Lipinski definition) is 1. The molecule has 2 aromatic carbocycles. The Morgan fingerprint density at radius 2 is 1.97 bits per heavy atom. The second-order valence-corrected chi connectivity index (χ2v) is 8.14. The van der Waals surface area contributed by atoms with Crippen LogP contribution in [0.15, 0.2) is 65.8 Å². The van der Waals surface area contributed by atoms with Gasteiger partial charge in [0.15, 0.2) is 10.8 Å². The molecule has 0 atom stereocenters. The summed E-state index contributed by atoms with van der Waals surface area (Å²) < 4.78 is 4.08. The molecule has 154 valence electrons. The van der Waals surface area contributed by atoms with Crippen LogP contribution in [0.2, 0.25) is 0 Å². The third kappa shape index (κ3) is 3.59. The minimum Gasteiger partial charge on any atom is -0.302 e. The number of rotatable bonds is 5. The van der Waals surface area contributed by atoms with Crippen LogP contribution in [-0.2, 0) is 11.3 Å². The summed E-state index contributed by atoms with van der Waals surface area (Å²) in [6.45, 7) is 2.21. The Labute approximate surface area is 180 Å². The van der Waals surface area contributed by atoms with Gasteiger partial charge in [0.2, 0.25) is 5.91 Å². The summed E-state index contributed by atoms with van der Waals surface area (Å²) in [6.07, 6.45) is 3.10. The molecule has 0 aliphatic rings. The predicted molar refractivity (Wildman–Crippen MR) is 121 cm³/mol. The molecular formula is C22H18N6O2S. The van der Waals surface area contributed by atoms with Crippen molar-refractivity contribution in [2.45, 2.75) is 19.9 Å². The maximum atomic E-state index is 12.8. The summed E-state index contributed by atoms with van der Waals surface area (Å²) >= 11 is 1.43. The van der Waals surface area contributed by atoms with Crippen molar-refractivity contribution in [3.8, 4) is 5.69 Å². The van der Waals surface area contributed by atoms with E-state index in [2.05, 4.69) is 20.4 Å². The van der Waals surface area contributed by atoms with Crippen LogP contribution in [0, 0.1) is 6.92 Å². The van der Waals surface area contributed by atoms with Crippen molar-refractivity contribution < 1.29 is 4.79 Å². The summed E-state index contributed by atoms with van der Waals surface area (Å²) in [5, 5.41) is 8.09. The first kappa shape index (κ1) is 19.1. The van der Waals surface area contributed by atoms with E-state index in [0.717, 1.165) is 21.5 Å². The van der Waals surface area contributed by atoms with E-state index < -0.39 is 0 Å². The van der Waals surface area contributed by atoms with Gasteiger partial charge in [-0.2, -0.15) is 5.10 Å². The fraction of sp³-hybridized carbons (Fsp3) is 0.136. The topological polar surface area (TPSA) is 94.7 Å². The highest BCUT2D eigenvalue weighted by atomic mass is 32.1. The quantitative estimate of drug-likeness (QED) is 0.460. The number of aryl methyl sites for hydroxylation is 2. The van der Waals surface area contributed by atoms with Crippen LogP contribution in [-0.4, -0.2) is 30.2 Å². The summed E-state index contributed by atoms with van der Waals surface area (Å²) in [4.78, 5) is 34.1. The lowest BCUT2D eigenvalue weighted by Gasteiger charge is -2.06. The number of nitrogens with zero attached hydrogens (tertiary/aromatic N) is 5. The summed E-state index contributed by atoms with van der Waals surface area (Å²) in [5.74, 6) is -0.205. The van der Waals surface area contributed by atoms with Crippen LogP contribution in [0.4, 0.5) is 5.13 Å². The molecule has 0 fully saturated rings. The minimum absolute atomic E-state index is 0.134. The Kier molecular flexibility index (Phi) is 4.79. The molecule has 0 aliphatic carbocycles. The van der Waals surface area contributed by atoms with Gasteiger partial charge in [0.25, 0.3) is 5.56 Å². The maximum absolute atomic E-state index is 12.8. The summed E-state index contributed by atoms with van der Waals surface area (Å²) in [5.41, 5.74) is 3.05. The number of hydrogen-bond acceptors (Lipinski definition) is 6. The Morgan fingerprint density at radius 1 is 1.13 bits per heavy atom. The fourth-order valence-corrected chi connectivity index (χ4v) is 4.37. The molecule has 8 nitrogen and oxygen atoms in total. The van der Waals surface area contributed by atoms with Gasteiger partial charge in [0.05, 0.1) is 28.4 Å². The highest BCUT2D eigenvalue weighted by Crippen LogP contribution is 2.27. The van der Waals surface area contributed by atoms with Crippen molar-refractivity contribution >= 4 is 43.6 Å². The number of thiazole rings is 1. The first-order valence-electron chi connectivity index (χ1n) is 9.75. The van der Waals surface area contributed by atoms with Gasteiger partial charge in [-0.3, -0.25) is 14.2 Å². The number of amides is 1. The standard InChI is InChI=1S/C22H18N6O2S/c1-14-6-5-9-17-19(14)26-22(31-17)25-18(29)10-11-27-13-23-20-16(21(27)30)12-24-28(20)15-7-3-2-4-8-15/h2-9,12-13H,10-11H2,1H3,(H,25,26,29). The van der Waals surface area contributed by atoms with Gasteiger partial charge >= 0.3 is 0 Å².